The number of aromatic nitrogens is 2. The fourth-order valence-corrected chi connectivity index (χ4v) is 4.80. The number of carbonyl (C=O) groups excluding carboxylic acids is 2. The van der Waals surface area contributed by atoms with E-state index in [4.69, 9.17) is 10.5 Å². The number of primary amides is 1. The van der Waals surface area contributed by atoms with Crippen molar-refractivity contribution < 1.29 is 27.5 Å². The zero-order chi connectivity index (χ0) is 22.6. The number of rotatable bonds is 3. The third kappa shape index (κ3) is 3.35. The lowest BCUT2D eigenvalue weighted by Crippen LogP contribution is -2.43. The summed E-state index contributed by atoms with van der Waals surface area (Å²) in [5.41, 5.74) is 6.93. The highest BCUT2D eigenvalue weighted by Gasteiger charge is 2.50. The number of imidazole rings is 1. The van der Waals surface area contributed by atoms with Gasteiger partial charge < -0.3 is 19.9 Å². The van der Waals surface area contributed by atoms with Gasteiger partial charge in [-0.2, -0.15) is 13.2 Å². The monoisotopic (exact) mass is 449 g/mol. The molecule has 0 aliphatic carbocycles. The van der Waals surface area contributed by atoms with E-state index in [9.17, 15) is 22.8 Å². The van der Waals surface area contributed by atoms with Crippen LogP contribution in [0.15, 0.2) is 24.4 Å². The summed E-state index contributed by atoms with van der Waals surface area (Å²) in [4.78, 5) is 31.1. The molecule has 0 spiro atoms. The molecule has 2 aromatic rings. The van der Waals surface area contributed by atoms with Crippen molar-refractivity contribution in [2.24, 2.45) is 5.73 Å². The lowest BCUT2D eigenvalue weighted by Gasteiger charge is -2.25. The van der Waals surface area contributed by atoms with E-state index in [-0.39, 0.29) is 37.2 Å². The number of fused-ring (bicyclic) bond motifs is 3. The van der Waals surface area contributed by atoms with Crippen molar-refractivity contribution in [1.82, 2.24) is 9.55 Å². The standard InChI is InChI=1S/C21H22F3N5O3/c22-21(23,24)16-5-6-18(30)29(16)17-11-27-8-9-32-15-10-12(3-4-13(15)20(27)26-17)28-7-1-2-14(28)19(25)31/h3-4,10-11,14,16H,1-2,5-9H2,(H2,25,31)/t14-,16-/m0/s1. The number of hydrogen-bond acceptors (Lipinski definition) is 5. The third-order valence-corrected chi connectivity index (χ3v) is 6.31. The van der Waals surface area contributed by atoms with Gasteiger partial charge in [-0.15, -0.1) is 0 Å². The molecule has 3 aliphatic rings. The van der Waals surface area contributed by atoms with Gasteiger partial charge in [-0.05, 0) is 31.4 Å². The second-order valence-corrected chi connectivity index (χ2v) is 8.26. The van der Waals surface area contributed by atoms with Gasteiger partial charge in [0, 0.05) is 30.9 Å². The maximum atomic E-state index is 13.5. The molecule has 0 radical (unpaired) electrons. The van der Waals surface area contributed by atoms with E-state index >= 15 is 0 Å². The van der Waals surface area contributed by atoms with Crippen LogP contribution in [0.3, 0.4) is 0 Å². The first-order valence-electron chi connectivity index (χ1n) is 10.5. The van der Waals surface area contributed by atoms with Crippen LogP contribution in [0.2, 0.25) is 0 Å². The summed E-state index contributed by atoms with van der Waals surface area (Å²) in [6.07, 6.45) is -1.94. The van der Waals surface area contributed by atoms with Crippen molar-refractivity contribution >= 4 is 23.3 Å². The van der Waals surface area contributed by atoms with Gasteiger partial charge in [-0.3, -0.25) is 14.5 Å². The minimum Gasteiger partial charge on any atom is -0.491 e. The van der Waals surface area contributed by atoms with E-state index in [1.807, 2.05) is 11.0 Å². The number of hydrogen-bond donors (Lipinski definition) is 1. The minimum atomic E-state index is -4.52. The van der Waals surface area contributed by atoms with E-state index in [1.165, 1.54) is 6.20 Å². The Balaban J connectivity index is 1.51. The number of benzene rings is 1. The smallest absolute Gasteiger partial charge is 0.409 e. The first kappa shape index (κ1) is 20.7. The molecule has 11 heteroatoms. The zero-order valence-electron chi connectivity index (χ0n) is 17.1. The summed E-state index contributed by atoms with van der Waals surface area (Å²) in [7, 11) is 0. The molecule has 170 valence electrons. The van der Waals surface area contributed by atoms with Gasteiger partial charge in [0.05, 0.1) is 12.1 Å². The fraction of sp³-hybridized carbons (Fsp3) is 0.476. The van der Waals surface area contributed by atoms with Crippen LogP contribution in [0.5, 0.6) is 5.75 Å². The summed E-state index contributed by atoms with van der Waals surface area (Å²) in [6, 6.07) is 3.16. The van der Waals surface area contributed by atoms with Crippen molar-refractivity contribution in [2.45, 2.75) is 50.5 Å². The van der Waals surface area contributed by atoms with Gasteiger partial charge in [0.25, 0.3) is 0 Å². The fourth-order valence-electron chi connectivity index (χ4n) is 4.80. The number of anilines is 2. The van der Waals surface area contributed by atoms with Crippen molar-refractivity contribution in [3.8, 4) is 17.1 Å². The average Bonchev–Trinajstić information content (AvgIpc) is 3.43. The van der Waals surface area contributed by atoms with E-state index in [2.05, 4.69) is 4.98 Å². The number of nitrogens with zero attached hydrogens (tertiary/aromatic N) is 4. The van der Waals surface area contributed by atoms with Crippen molar-refractivity contribution in [1.29, 1.82) is 0 Å². The van der Waals surface area contributed by atoms with Crippen LogP contribution in [-0.4, -0.2) is 52.8 Å². The predicted molar refractivity (Wildman–Crippen MR) is 109 cm³/mol. The topological polar surface area (TPSA) is 93.7 Å². The quantitative estimate of drug-likeness (QED) is 0.777. The van der Waals surface area contributed by atoms with Crippen molar-refractivity contribution in [3.63, 3.8) is 0 Å². The Morgan fingerprint density at radius 1 is 1.22 bits per heavy atom. The molecule has 2 saturated heterocycles. The predicted octanol–water partition coefficient (Wildman–Crippen LogP) is 2.45. The molecule has 2 N–H and O–H groups in total. The molecular weight excluding hydrogens is 427 g/mol. The maximum absolute atomic E-state index is 13.5. The summed E-state index contributed by atoms with van der Waals surface area (Å²) in [6.45, 7) is 1.36. The summed E-state index contributed by atoms with van der Waals surface area (Å²) < 4.78 is 47.9. The van der Waals surface area contributed by atoms with Crippen LogP contribution in [0.25, 0.3) is 11.4 Å². The van der Waals surface area contributed by atoms with Crippen LogP contribution < -0.4 is 20.3 Å². The molecule has 0 unspecified atom stereocenters. The molecule has 2 amide bonds. The van der Waals surface area contributed by atoms with Gasteiger partial charge >= 0.3 is 6.18 Å². The molecule has 1 aromatic heterocycles. The van der Waals surface area contributed by atoms with Gasteiger partial charge in [0.15, 0.2) is 5.82 Å². The summed E-state index contributed by atoms with van der Waals surface area (Å²) >= 11 is 0. The second-order valence-electron chi connectivity index (χ2n) is 8.26. The molecule has 3 aliphatic heterocycles. The van der Waals surface area contributed by atoms with Crippen LogP contribution in [0, 0.1) is 0 Å². The second kappa shape index (κ2) is 7.42. The lowest BCUT2D eigenvalue weighted by molar-refractivity contribution is -0.148. The Kier molecular flexibility index (Phi) is 4.79. The Morgan fingerprint density at radius 2 is 2.03 bits per heavy atom. The summed E-state index contributed by atoms with van der Waals surface area (Å²) in [5.74, 6) is -0.0109. The van der Waals surface area contributed by atoms with E-state index < -0.39 is 18.1 Å². The molecule has 5 rings (SSSR count). The molecule has 0 saturated carbocycles. The summed E-state index contributed by atoms with van der Waals surface area (Å²) in [5, 5.41) is 0. The van der Waals surface area contributed by atoms with E-state index in [0.717, 1.165) is 17.0 Å². The Hall–Kier alpha value is -3.24. The van der Waals surface area contributed by atoms with Crippen LogP contribution in [0.1, 0.15) is 25.7 Å². The number of ether oxygens (including phenoxy) is 1. The van der Waals surface area contributed by atoms with E-state index in [0.29, 0.717) is 36.6 Å². The van der Waals surface area contributed by atoms with Gasteiger partial charge in [-0.25, -0.2) is 4.98 Å². The maximum Gasteiger partial charge on any atom is 0.409 e. The van der Waals surface area contributed by atoms with Crippen molar-refractivity contribution in [2.75, 3.05) is 23.0 Å². The van der Waals surface area contributed by atoms with Crippen LogP contribution in [0.4, 0.5) is 24.7 Å². The number of halogens is 3. The van der Waals surface area contributed by atoms with Crippen LogP contribution >= 0.6 is 0 Å². The molecule has 2 atom stereocenters. The highest BCUT2D eigenvalue weighted by atomic mass is 19.4. The van der Waals surface area contributed by atoms with Gasteiger partial charge in [0.2, 0.25) is 11.8 Å². The highest BCUT2D eigenvalue weighted by Crippen LogP contribution is 2.40. The first-order chi connectivity index (χ1) is 15.2. The Morgan fingerprint density at radius 3 is 2.78 bits per heavy atom. The van der Waals surface area contributed by atoms with E-state index in [1.54, 1.807) is 16.7 Å². The first-order valence-corrected chi connectivity index (χ1v) is 10.5. The number of carbonyl (C=O) groups is 2. The molecule has 0 bridgehead atoms. The normalized spacial score (nSPS) is 23.0. The van der Waals surface area contributed by atoms with Gasteiger partial charge in [-0.1, -0.05) is 0 Å². The molecule has 8 nitrogen and oxygen atoms in total. The molecule has 2 fully saturated rings. The Labute approximate surface area is 181 Å². The molecule has 32 heavy (non-hydrogen) atoms. The largest absolute Gasteiger partial charge is 0.491 e. The number of amides is 2. The molecular formula is C21H22F3N5O3. The van der Waals surface area contributed by atoms with Crippen molar-refractivity contribution in [3.05, 3.63) is 24.4 Å². The SMILES string of the molecule is NC(=O)[C@@H]1CCCN1c1ccc2c(c1)OCCn1cc(N3C(=O)CC[C@H]3C(F)(F)F)nc1-2. The number of alkyl halides is 3. The number of nitrogens with two attached hydrogens (primary N) is 1. The average molecular weight is 449 g/mol. The van der Waals surface area contributed by atoms with Gasteiger partial charge in [0.1, 0.15) is 30.3 Å². The Bertz CT molecular complexity index is 1080. The third-order valence-electron chi connectivity index (χ3n) is 6.31. The van der Waals surface area contributed by atoms with Crippen LogP contribution in [-0.2, 0) is 16.1 Å². The lowest BCUT2D eigenvalue weighted by atomic mass is 10.1. The highest BCUT2D eigenvalue weighted by molar-refractivity contribution is 5.96. The molecule has 1 aromatic carbocycles. The zero-order valence-corrected chi connectivity index (χ0v) is 17.1. The molecule has 4 heterocycles. The minimum absolute atomic E-state index is 0.00455.